The zero-order chi connectivity index (χ0) is 22.8. The molecule has 3 aliphatic heterocycles. The van der Waals surface area contributed by atoms with Gasteiger partial charge in [0.2, 0.25) is 5.91 Å². The molecule has 4 atom stereocenters. The van der Waals surface area contributed by atoms with Crippen LogP contribution < -0.4 is 5.32 Å². The Morgan fingerprint density at radius 1 is 1.18 bits per heavy atom. The summed E-state index contributed by atoms with van der Waals surface area (Å²) in [7, 11) is 0. The molecular weight excluding hydrogens is 436 g/mol. The van der Waals surface area contributed by atoms with E-state index < -0.39 is 0 Å². The van der Waals surface area contributed by atoms with Gasteiger partial charge in [0.1, 0.15) is 5.69 Å². The first-order valence-corrected chi connectivity index (χ1v) is 12.8. The minimum Gasteiger partial charge on any atom is -0.381 e. The summed E-state index contributed by atoms with van der Waals surface area (Å²) >= 11 is 1.53. The average Bonchev–Trinajstić information content (AvgIpc) is 3.61. The molecule has 7 nitrogen and oxygen atoms in total. The number of ether oxygens (including phenoxy) is 1. The van der Waals surface area contributed by atoms with Crippen LogP contribution in [0, 0.1) is 24.7 Å². The zero-order valence-electron chi connectivity index (χ0n) is 19.1. The van der Waals surface area contributed by atoms with Gasteiger partial charge in [0.05, 0.1) is 23.6 Å². The molecule has 1 aromatic heterocycles. The number of benzene rings is 1. The second kappa shape index (κ2) is 9.91. The Balaban J connectivity index is 1.15. The van der Waals surface area contributed by atoms with E-state index in [-0.39, 0.29) is 23.8 Å². The summed E-state index contributed by atoms with van der Waals surface area (Å²) in [6.07, 6.45) is 1.68. The van der Waals surface area contributed by atoms with Gasteiger partial charge < -0.3 is 19.9 Å². The maximum absolute atomic E-state index is 12.8. The second-order valence-corrected chi connectivity index (χ2v) is 10.6. The van der Waals surface area contributed by atoms with Crippen molar-refractivity contribution in [1.82, 2.24) is 20.1 Å². The molecule has 3 fully saturated rings. The van der Waals surface area contributed by atoms with Gasteiger partial charge in [0.25, 0.3) is 5.91 Å². The van der Waals surface area contributed by atoms with E-state index in [1.54, 1.807) is 0 Å². The van der Waals surface area contributed by atoms with Crippen LogP contribution in [0.4, 0.5) is 0 Å². The van der Waals surface area contributed by atoms with Crippen LogP contribution >= 0.6 is 11.3 Å². The normalized spacial score (nSPS) is 25.8. The number of rotatable bonds is 7. The molecule has 1 aromatic carbocycles. The van der Waals surface area contributed by atoms with E-state index in [9.17, 15) is 9.59 Å². The Labute approximate surface area is 199 Å². The Hall–Kier alpha value is -2.29. The molecule has 0 radical (unpaired) electrons. The lowest BCUT2D eigenvalue weighted by molar-refractivity contribution is -0.125. The summed E-state index contributed by atoms with van der Waals surface area (Å²) < 4.78 is 5.40. The Kier molecular flexibility index (Phi) is 6.76. The third kappa shape index (κ3) is 5.13. The van der Waals surface area contributed by atoms with Crippen LogP contribution in [0.2, 0.25) is 0 Å². The summed E-state index contributed by atoms with van der Waals surface area (Å²) in [6.45, 7) is 7.73. The summed E-state index contributed by atoms with van der Waals surface area (Å²) in [5.74, 6) is 1.18. The minimum absolute atomic E-state index is 0.00530. The molecule has 176 valence electrons. The van der Waals surface area contributed by atoms with E-state index in [4.69, 9.17) is 4.74 Å². The molecule has 0 saturated carbocycles. The molecule has 5 rings (SSSR count). The third-order valence-corrected chi connectivity index (χ3v) is 8.01. The molecular formula is C25H32N4O3S. The molecule has 8 heteroatoms. The van der Waals surface area contributed by atoms with E-state index in [0.717, 1.165) is 56.1 Å². The first kappa shape index (κ1) is 22.5. The number of nitrogens with zero attached hydrogens (tertiary/aromatic N) is 3. The number of carbonyl (C=O) groups is 2. The molecule has 1 N–H and O–H groups in total. The Morgan fingerprint density at radius 3 is 2.58 bits per heavy atom. The van der Waals surface area contributed by atoms with Gasteiger partial charge >= 0.3 is 0 Å². The Morgan fingerprint density at radius 2 is 1.94 bits per heavy atom. The lowest BCUT2D eigenvalue weighted by Crippen LogP contribution is -2.37. The third-order valence-electron chi connectivity index (χ3n) is 7.24. The molecule has 3 unspecified atom stereocenters. The van der Waals surface area contributed by atoms with Gasteiger partial charge in [-0.05, 0) is 37.2 Å². The highest BCUT2D eigenvalue weighted by Gasteiger charge is 2.42. The molecule has 3 aliphatic rings. The van der Waals surface area contributed by atoms with Gasteiger partial charge in [0, 0.05) is 44.7 Å². The van der Waals surface area contributed by atoms with Crippen LogP contribution in [0.1, 0.15) is 39.9 Å². The van der Waals surface area contributed by atoms with E-state index in [1.165, 1.54) is 11.3 Å². The fourth-order valence-corrected chi connectivity index (χ4v) is 6.00. The maximum atomic E-state index is 12.8. The van der Waals surface area contributed by atoms with E-state index in [0.29, 0.717) is 30.7 Å². The number of fused-ring (bicyclic) bond motifs is 1. The van der Waals surface area contributed by atoms with Crippen LogP contribution in [0.15, 0.2) is 35.7 Å². The van der Waals surface area contributed by atoms with Crippen molar-refractivity contribution in [2.45, 2.75) is 25.8 Å². The number of hydrogen-bond donors (Lipinski definition) is 1. The fraction of sp³-hybridized carbons (Fsp3) is 0.560. The highest BCUT2D eigenvalue weighted by molar-refractivity contribution is 7.09. The Bertz CT molecular complexity index is 961. The van der Waals surface area contributed by atoms with Crippen molar-refractivity contribution in [3.8, 4) is 0 Å². The number of aryl methyl sites for hydroxylation is 1. The SMILES string of the molecule is Cc1nc(C(=O)N2CC3CN(CC[C@H](NC(=O)C4CCOC4)c4ccccc4)CC3C2)cs1. The molecule has 0 spiro atoms. The fourth-order valence-electron chi connectivity index (χ4n) is 5.41. The number of amides is 2. The van der Waals surface area contributed by atoms with Gasteiger partial charge in [-0.25, -0.2) is 4.98 Å². The lowest BCUT2D eigenvalue weighted by atomic mass is 10.0. The lowest BCUT2D eigenvalue weighted by Gasteiger charge is -2.25. The number of nitrogens with one attached hydrogen (secondary N) is 1. The van der Waals surface area contributed by atoms with Crippen molar-refractivity contribution in [2.24, 2.45) is 17.8 Å². The molecule has 2 amide bonds. The average molecular weight is 469 g/mol. The van der Waals surface area contributed by atoms with E-state index >= 15 is 0 Å². The van der Waals surface area contributed by atoms with Gasteiger partial charge in [-0.3, -0.25) is 9.59 Å². The molecule has 4 heterocycles. The van der Waals surface area contributed by atoms with Gasteiger partial charge in [-0.1, -0.05) is 30.3 Å². The zero-order valence-corrected chi connectivity index (χ0v) is 19.9. The highest BCUT2D eigenvalue weighted by Crippen LogP contribution is 2.32. The van der Waals surface area contributed by atoms with E-state index in [2.05, 4.69) is 27.3 Å². The smallest absolute Gasteiger partial charge is 0.273 e. The van der Waals surface area contributed by atoms with Crippen LogP contribution in [0.25, 0.3) is 0 Å². The first-order chi connectivity index (χ1) is 16.1. The molecule has 2 aromatic rings. The van der Waals surface area contributed by atoms with Crippen molar-refractivity contribution in [3.63, 3.8) is 0 Å². The second-order valence-electron chi connectivity index (χ2n) is 9.56. The van der Waals surface area contributed by atoms with Gasteiger partial charge in [0.15, 0.2) is 0 Å². The standard InChI is InChI=1S/C25H32N4O3S/c1-17-26-23(16-33-17)25(31)29-13-20-11-28(12-21(20)14-29)9-7-22(18-5-3-2-4-6-18)27-24(30)19-8-10-32-15-19/h2-6,16,19-22H,7-15H2,1H3,(H,27,30)/t19?,20?,21?,22-/m0/s1. The van der Waals surface area contributed by atoms with E-state index in [1.807, 2.05) is 35.4 Å². The number of thiazole rings is 1. The van der Waals surface area contributed by atoms with Crippen molar-refractivity contribution in [2.75, 3.05) is 45.9 Å². The van der Waals surface area contributed by atoms with Crippen LogP contribution in [-0.4, -0.2) is 72.5 Å². The topological polar surface area (TPSA) is 74.8 Å². The van der Waals surface area contributed by atoms with Gasteiger partial charge in [-0.2, -0.15) is 0 Å². The number of hydrogen-bond acceptors (Lipinski definition) is 6. The number of carbonyl (C=O) groups excluding carboxylic acids is 2. The molecule has 33 heavy (non-hydrogen) atoms. The van der Waals surface area contributed by atoms with Crippen LogP contribution in [0.3, 0.4) is 0 Å². The van der Waals surface area contributed by atoms with Gasteiger partial charge in [-0.15, -0.1) is 11.3 Å². The van der Waals surface area contributed by atoms with Crippen LogP contribution in [-0.2, 0) is 9.53 Å². The monoisotopic (exact) mass is 468 g/mol. The first-order valence-electron chi connectivity index (χ1n) is 11.9. The number of aromatic nitrogens is 1. The van der Waals surface area contributed by atoms with Crippen molar-refractivity contribution >= 4 is 23.2 Å². The van der Waals surface area contributed by atoms with Crippen molar-refractivity contribution in [3.05, 3.63) is 52.0 Å². The highest BCUT2D eigenvalue weighted by atomic mass is 32.1. The summed E-state index contributed by atoms with van der Waals surface area (Å²) in [5.41, 5.74) is 1.74. The molecule has 0 aliphatic carbocycles. The maximum Gasteiger partial charge on any atom is 0.273 e. The van der Waals surface area contributed by atoms with Crippen molar-refractivity contribution in [1.29, 1.82) is 0 Å². The summed E-state index contributed by atoms with van der Waals surface area (Å²) in [6, 6.07) is 10.3. The predicted molar refractivity (Wildman–Crippen MR) is 127 cm³/mol. The minimum atomic E-state index is -0.0348. The molecule has 0 bridgehead atoms. The summed E-state index contributed by atoms with van der Waals surface area (Å²) in [5, 5.41) is 6.09. The predicted octanol–water partition coefficient (Wildman–Crippen LogP) is 2.74. The molecule has 3 saturated heterocycles. The quantitative estimate of drug-likeness (QED) is 0.676. The largest absolute Gasteiger partial charge is 0.381 e. The summed E-state index contributed by atoms with van der Waals surface area (Å²) in [4.78, 5) is 34.4. The number of likely N-dealkylation sites (tertiary alicyclic amines) is 2. The van der Waals surface area contributed by atoms with Crippen molar-refractivity contribution < 1.29 is 14.3 Å². The van der Waals surface area contributed by atoms with Crippen LogP contribution in [0.5, 0.6) is 0 Å².